The van der Waals surface area contributed by atoms with Gasteiger partial charge in [0.05, 0.1) is 0 Å². The van der Waals surface area contributed by atoms with E-state index in [2.05, 4.69) is 72.0 Å². The maximum atomic E-state index is 3.50. The molecule has 0 bridgehead atoms. The number of aryl methyl sites for hydroxylation is 1. The zero-order valence-corrected chi connectivity index (χ0v) is 11.7. The van der Waals surface area contributed by atoms with Crippen LogP contribution >= 0.6 is 0 Å². The van der Waals surface area contributed by atoms with Crippen molar-refractivity contribution >= 4 is 5.69 Å². The van der Waals surface area contributed by atoms with E-state index in [9.17, 15) is 0 Å². The highest BCUT2D eigenvalue weighted by Crippen LogP contribution is 2.28. The van der Waals surface area contributed by atoms with Crippen LogP contribution in [0.2, 0.25) is 0 Å². The average Bonchev–Trinajstić information content (AvgIpc) is 1.97. The highest BCUT2D eigenvalue weighted by molar-refractivity contribution is 5.51. The first-order chi connectivity index (χ1) is 7.09. The lowest BCUT2D eigenvalue weighted by Gasteiger charge is -2.25. The molecule has 0 radical (unpaired) electrons. The third-order valence-corrected chi connectivity index (χ3v) is 2.55. The van der Waals surface area contributed by atoms with Crippen molar-refractivity contribution in [3.63, 3.8) is 0 Å². The first-order valence-corrected chi connectivity index (χ1v) is 5.99. The van der Waals surface area contributed by atoms with Gasteiger partial charge < -0.3 is 5.32 Å². The molecule has 1 heteroatoms. The predicted octanol–water partition coefficient (Wildman–Crippen LogP) is 4.50. The van der Waals surface area contributed by atoms with Gasteiger partial charge in [0.2, 0.25) is 0 Å². The second-order valence-electron chi connectivity index (χ2n) is 6.65. The summed E-state index contributed by atoms with van der Waals surface area (Å²) in [5.74, 6) is 0. The second-order valence-corrected chi connectivity index (χ2v) is 6.65. The van der Waals surface area contributed by atoms with Crippen LogP contribution in [0.5, 0.6) is 0 Å². The van der Waals surface area contributed by atoms with E-state index in [0.717, 1.165) is 0 Å². The SMILES string of the molecule is Cc1cc(NC(C)(C)C)ccc1C(C)(C)C. The Bertz CT molecular complexity index is 364. The fraction of sp³-hybridized carbons (Fsp3) is 0.600. The summed E-state index contributed by atoms with van der Waals surface area (Å²) in [6.07, 6.45) is 0. The van der Waals surface area contributed by atoms with E-state index in [-0.39, 0.29) is 11.0 Å². The molecule has 0 saturated carbocycles. The third-order valence-electron chi connectivity index (χ3n) is 2.55. The summed E-state index contributed by atoms with van der Waals surface area (Å²) in [5.41, 5.74) is 4.34. The standard InChI is InChI=1S/C15H25N/c1-11-10-12(16-15(5,6)7)8-9-13(11)14(2,3)4/h8-10,16H,1-7H3. The van der Waals surface area contributed by atoms with Crippen LogP contribution in [0.4, 0.5) is 5.69 Å². The lowest BCUT2D eigenvalue weighted by molar-refractivity contribution is 0.586. The topological polar surface area (TPSA) is 12.0 Å². The summed E-state index contributed by atoms with van der Waals surface area (Å²) < 4.78 is 0. The molecule has 0 atom stereocenters. The number of hydrogen-bond acceptors (Lipinski definition) is 1. The summed E-state index contributed by atoms with van der Waals surface area (Å²) in [5, 5.41) is 3.50. The molecule has 0 aliphatic heterocycles. The van der Waals surface area contributed by atoms with E-state index in [4.69, 9.17) is 0 Å². The van der Waals surface area contributed by atoms with E-state index >= 15 is 0 Å². The van der Waals surface area contributed by atoms with Gasteiger partial charge >= 0.3 is 0 Å². The summed E-state index contributed by atoms with van der Waals surface area (Å²) in [6, 6.07) is 6.66. The first-order valence-electron chi connectivity index (χ1n) is 5.99. The summed E-state index contributed by atoms with van der Waals surface area (Å²) in [6.45, 7) is 15.5. The van der Waals surface area contributed by atoms with Gasteiger partial charge in [-0.2, -0.15) is 0 Å². The van der Waals surface area contributed by atoms with Gasteiger partial charge in [-0.25, -0.2) is 0 Å². The van der Waals surface area contributed by atoms with Crippen LogP contribution in [0.1, 0.15) is 52.7 Å². The highest BCUT2D eigenvalue weighted by Gasteiger charge is 2.17. The first kappa shape index (κ1) is 13.1. The molecule has 16 heavy (non-hydrogen) atoms. The number of hydrogen-bond donors (Lipinski definition) is 1. The Balaban J connectivity index is 3.01. The molecule has 1 aromatic rings. The molecular weight excluding hydrogens is 194 g/mol. The number of rotatable bonds is 1. The molecular formula is C15H25N. The lowest BCUT2D eigenvalue weighted by Crippen LogP contribution is -2.26. The number of benzene rings is 1. The molecule has 0 fully saturated rings. The van der Waals surface area contributed by atoms with E-state index in [1.54, 1.807) is 0 Å². The van der Waals surface area contributed by atoms with Crippen molar-refractivity contribution in [2.75, 3.05) is 5.32 Å². The molecule has 0 aromatic heterocycles. The Morgan fingerprint density at radius 2 is 1.50 bits per heavy atom. The maximum absolute atomic E-state index is 3.50. The van der Waals surface area contributed by atoms with Crippen molar-refractivity contribution in [2.45, 2.75) is 59.4 Å². The quantitative estimate of drug-likeness (QED) is 0.733. The van der Waals surface area contributed by atoms with Crippen LogP contribution in [0, 0.1) is 6.92 Å². The lowest BCUT2D eigenvalue weighted by atomic mass is 9.84. The molecule has 90 valence electrons. The molecule has 1 rings (SSSR count). The minimum atomic E-state index is 0.121. The highest BCUT2D eigenvalue weighted by atomic mass is 14.9. The monoisotopic (exact) mass is 219 g/mol. The summed E-state index contributed by atoms with van der Waals surface area (Å²) >= 11 is 0. The van der Waals surface area contributed by atoms with Crippen molar-refractivity contribution in [3.05, 3.63) is 29.3 Å². The van der Waals surface area contributed by atoms with Crippen LogP contribution in [0.3, 0.4) is 0 Å². The molecule has 0 aliphatic carbocycles. The molecule has 0 saturated heterocycles. The average molecular weight is 219 g/mol. The van der Waals surface area contributed by atoms with Gasteiger partial charge in [0.1, 0.15) is 0 Å². The zero-order chi connectivity index (χ0) is 12.6. The molecule has 0 aliphatic rings. The van der Waals surface area contributed by atoms with Crippen LogP contribution in [-0.4, -0.2) is 5.54 Å². The van der Waals surface area contributed by atoms with Crippen molar-refractivity contribution in [1.29, 1.82) is 0 Å². The second kappa shape index (κ2) is 4.12. The van der Waals surface area contributed by atoms with Gasteiger partial charge in [0, 0.05) is 11.2 Å². The molecule has 0 unspecified atom stereocenters. The zero-order valence-electron chi connectivity index (χ0n) is 11.7. The van der Waals surface area contributed by atoms with E-state index < -0.39 is 0 Å². The molecule has 0 spiro atoms. The van der Waals surface area contributed by atoms with Crippen LogP contribution < -0.4 is 5.32 Å². The fourth-order valence-electron chi connectivity index (χ4n) is 2.02. The normalized spacial score (nSPS) is 12.7. The van der Waals surface area contributed by atoms with Crippen molar-refractivity contribution < 1.29 is 0 Å². The van der Waals surface area contributed by atoms with Crippen LogP contribution in [-0.2, 0) is 5.41 Å². The summed E-state index contributed by atoms with van der Waals surface area (Å²) in [4.78, 5) is 0. The fourth-order valence-corrected chi connectivity index (χ4v) is 2.02. The Hall–Kier alpha value is -0.980. The molecule has 1 N–H and O–H groups in total. The molecule has 0 amide bonds. The van der Waals surface area contributed by atoms with Crippen molar-refractivity contribution in [2.24, 2.45) is 0 Å². The van der Waals surface area contributed by atoms with Crippen LogP contribution in [0.15, 0.2) is 18.2 Å². The van der Waals surface area contributed by atoms with Gasteiger partial charge in [-0.15, -0.1) is 0 Å². The molecule has 1 aromatic carbocycles. The minimum absolute atomic E-state index is 0.121. The number of anilines is 1. The largest absolute Gasteiger partial charge is 0.380 e. The minimum Gasteiger partial charge on any atom is -0.380 e. The Morgan fingerprint density at radius 3 is 1.88 bits per heavy atom. The predicted molar refractivity (Wildman–Crippen MR) is 73.3 cm³/mol. The van der Waals surface area contributed by atoms with E-state index in [0.29, 0.717) is 0 Å². The Kier molecular flexibility index (Phi) is 3.37. The van der Waals surface area contributed by atoms with Gasteiger partial charge in [-0.3, -0.25) is 0 Å². The Labute approximate surface area is 100 Å². The van der Waals surface area contributed by atoms with Crippen LogP contribution in [0.25, 0.3) is 0 Å². The maximum Gasteiger partial charge on any atom is 0.0347 e. The van der Waals surface area contributed by atoms with Gasteiger partial charge in [-0.1, -0.05) is 26.8 Å². The molecule has 1 nitrogen and oxygen atoms in total. The Morgan fingerprint density at radius 1 is 0.938 bits per heavy atom. The smallest absolute Gasteiger partial charge is 0.0347 e. The van der Waals surface area contributed by atoms with Crippen molar-refractivity contribution in [1.82, 2.24) is 0 Å². The number of nitrogens with one attached hydrogen (secondary N) is 1. The van der Waals surface area contributed by atoms with Gasteiger partial charge in [0.25, 0.3) is 0 Å². The van der Waals surface area contributed by atoms with Crippen molar-refractivity contribution in [3.8, 4) is 0 Å². The van der Waals surface area contributed by atoms with E-state index in [1.807, 2.05) is 0 Å². The van der Waals surface area contributed by atoms with Gasteiger partial charge in [0.15, 0.2) is 0 Å². The van der Waals surface area contributed by atoms with E-state index in [1.165, 1.54) is 16.8 Å². The molecule has 0 heterocycles. The van der Waals surface area contributed by atoms with Gasteiger partial charge in [-0.05, 0) is 56.4 Å². The summed E-state index contributed by atoms with van der Waals surface area (Å²) in [7, 11) is 0. The third kappa shape index (κ3) is 3.55.